The number of carbonyl (C=O) groups excluding carboxylic acids is 1. The predicted octanol–water partition coefficient (Wildman–Crippen LogP) is 3.49. The van der Waals surface area contributed by atoms with Gasteiger partial charge in [-0.05, 0) is 49.2 Å². The van der Waals surface area contributed by atoms with E-state index in [1.807, 2.05) is 0 Å². The molecule has 10 heteroatoms. The number of hydrogen-bond acceptors (Lipinski definition) is 4. The van der Waals surface area contributed by atoms with Crippen LogP contribution in [0.15, 0.2) is 48.9 Å². The number of benzene rings is 1. The number of fused-ring (bicyclic) bond motifs is 1. The SMILES string of the molecule is O=CNC1(Cc2cnc3ccc(-c4c(-c5ccc(F)cc5)ncn4CC(F)F)nn23)CC1. The maximum absolute atomic E-state index is 13.4. The molecule has 1 saturated carbocycles. The van der Waals surface area contributed by atoms with E-state index in [9.17, 15) is 18.0 Å². The normalized spacial score (nSPS) is 14.8. The standard InChI is InChI=1S/C22H19F3N6O/c23-15-3-1-14(2-4-15)20-21(30(12-27-20)11-18(24)25)17-5-6-19-26-10-16(31(19)29-17)9-22(7-8-22)28-13-32/h1-6,10,12-13,18H,7-9,11H2,(H,28,32). The molecule has 1 fully saturated rings. The Balaban J connectivity index is 1.61. The zero-order valence-electron chi connectivity index (χ0n) is 16.9. The fourth-order valence-electron chi connectivity index (χ4n) is 3.92. The molecule has 164 valence electrons. The van der Waals surface area contributed by atoms with E-state index in [0.29, 0.717) is 41.1 Å². The molecule has 0 saturated heterocycles. The van der Waals surface area contributed by atoms with Gasteiger partial charge in [-0.1, -0.05) is 0 Å². The number of halogens is 3. The molecule has 0 unspecified atom stereocenters. The van der Waals surface area contributed by atoms with E-state index in [2.05, 4.69) is 20.4 Å². The predicted molar refractivity (Wildman–Crippen MR) is 110 cm³/mol. The second-order valence-corrected chi connectivity index (χ2v) is 7.95. The van der Waals surface area contributed by atoms with Crippen molar-refractivity contribution < 1.29 is 18.0 Å². The van der Waals surface area contributed by atoms with Gasteiger partial charge in [0, 0.05) is 17.5 Å². The summed E-state index contributed by atoms with van der Waals surface area (Å²) >= 11 is 0. The van der Waals surface area contributed by atoms with Gasteiger partial charge in [0.2, 0.25) is 6.41 Å². The van der Waals surface area contributed by atoms with E-state index in [4.69, 9.17) is 0 Å². The summed E-state index contributed by atoms with van der Waals surface area (Å²) in [5, 5.41) is 7.55. The summed E-state index contributed by atoms with van der Waals surface area (Å²) in [5.41, 5.74) is 2.99. The molecular formula is C22H19F3N6O. The fourth-order valence-corrected chi connectivity index (χ4v) is 3.92. The van der Waals surface area contributed by atoms with Crippen LogP contribution in [-0.2, 0) is 17.8 Å². The van der Waals surface area contributed by atoms with Gasteiger partial charge in [-0.3, -0.25) is 4.79 Å². The van der Waals surface area contributed by atoms with Crippen molar-refractivity contribution in [3.63, 3.8) is 0 Å². The van der Waals surface area contributed by atoms with E-state index in [-0.39, 0.29) is 5.54 Å². The molecule has 0 atom stereocenters. The first kappa shape index (κ1) is 20.2. The molecule has 1 aliphatic carbocycles. The van der Waals surface area contributed by atoms with Crippen LogP contribution in [0.25, 0.3) is 28.3 Å². The molecule has 0 bridgehead atoms. The molecule has 1 aliphatic rings. The quantitative estimate of drug-likeness (QED) is 0.426. The van der Waals surface area contributed by atoms with Crippen molar-refractivity contribution in [3.05, 3.63) is 60.4 Å². The lowest BCUT2D eigenvalue weighted by molar-refractivity contribution is -0.110. The van der Waals surface area contributed by atoms with Gasteiger partial charge in [0.15, 0.2) is 5.65 Å². The third-order valence-electron chi connectivity index (χ3n) is 5.70. The number of aromatic nitrogens is 5. The molecule has 1 aromatic carbocycles. The van der Waals surface area contributed by atoms with E-state index >= 15 is 0 Å². The Kier molecular flexibility index (Phi) is 4.91. The van der Waals surface area contributed by atoms with Gasteiger partial charge >= 0.3 is 0 Å². The first-order chi connectivity index (χ1) is 15.5. The Hall–Kier alpha value is -3.69. The molecule has 5 rings (SSSR count). The van der Waals surface area contributed by atoms with Crippen molar-refractivity contribution in [1.29, 1.82) is 0 Å². The summed E-state index contributed by atoms with van der Waals surface area (Å²) in [5.74, 6) is -0.400. The Morgan fingerprint density at radius 2 is 1.91 bits per heavy atom. The summed E-state index contributed by atoms with van der Waals surface area (Å²) in [4.78, 5) is 19.6. The average molecular weight is 440 g/mol. The van der Waals surface area contributed by atoms with Crippen LogP contribution in [0, 0.1) is 5.82 Å². The molecule has 3 aromatic heterocycles. The third-order valence-corrected chi connectivity index (χ3v) is 5.70. The Morgan fingerprint density at radius 1 is 1.12 bits per heavy atom. The lowest BCUT2D eigenvalue weighted by Crippen LogP contribution is -2.32. The highest BCUT2D eigenvalue weighted by Gasteiger charge is 2.43. The smallest absolute Gasteiger partial charge is 0.256 e. The topological polar surface area (TPSA) is 77.1 Å². The van der Waals surface area contributed by atoms with Gasteiger partial charge in [0.25, 0.3) is 6.43 Å². The summed E-state index contributed by atoms with van der Waals surface area (Å²) < 4.78 is 42.9. The van der Waals surface area contributed by atoms with Crippen LogP contribution in [-0.4, -0.2) is 42.5 Å². The van der Waals surface area contributed by atoms with E-state index in [1.54, 1.807) is 35.0 Å². The van der Waals surface area contributed by atoms with E-state index < -0.39 is 18.8 Å². The average Bonchev–Trinajstić information content (AvgIpc) is 3.22. The lowest BCUT2D eigenvalue weighted by atomic mass is 10.1. The highest BCUT2D eigenvalue weighted by molar-refractivity contribution is 5.77. The Morgan fingerprint density at radius 3 is 2.59 bits per heavy atom. The van der Waals surface area contributed by atoms with Crippen LogP contribution in [0.1, 0.15) is 18.5 Å². The number of carbonyl (C=O) groups is 1. The van der Waals surface area contributed by atoms with Gasteiger partial charge in [0.05, 0.1) is 36.2 Å². The molecule has 0 radical (unpaired) electrons. The molecule has 3 heterocycles. The molecule has 1 N–H and O–H groups in total. The van der Waals surface area contributed by atoms with Gasteiger partial charge in [-0.2, -0.15) is 5.10 Å². The van der Waals surface area contributed by atoms with Gasteiger partial charge in [0.1, 0.15) is 11.5 Å². The highest BCUT2D eigenvalue weighted by atomic mass is 19.3. The summed E-state index contributed by atoms with van der Waals surface area (Å²) in [6.45, 7) is -0.549. The summed E-state index contributed by atoms with van der Waals surface area (Å²) in [6, 6.07) is 9.16. The van der Waals surface area contributed by atoms with Crippen molar-refractivity contribution in [1.82, 2.24) is 29.5 Å². The second kappa shape index (κ2) is 7.77. The summed E-state index contributed by atoms with van der Waals surface area (Å²) in [7, 11) is 0. The van der Waals surface area contributed by atoms with Crippen molar-refractivity contribution in [3.8, 4) is 22.6 Å². The minimum Gasteiger partial charge on any atom is -0.353 e. The first-order valence-corrected chi connectivity index (χ1v) is 10.1. The maximum Gasteiger partial charge on any atom is 0.256 e. The van der Waals surface area contributed by atoms with Crippen LogP contribution < -0.4 is 5.32 Å². The highest BCUT2D eigenvalue weighted by Crippen LogP contribution is 2.38. The van der Waals surface area contributed by atoms with Crippen LogP contribution in [0.5, 0.6) is 0 Å². The monoisotopic (exact) mass is 440 g/mol. The zero-order valence-corrected chi connectivity index (χ0v) is 16.9. The fraction of sp³-hybridized carbons (Fsp3) is 0.273. The molecule has 7 nitrogen and oxygen atoms in total. The zero-order chi connectivity index (χ0) is 22.3. The van der Waals surface area contributed by atoms with Gasteiger partial charge in [-0.15, -0.1) is 0 Å². The number of rotatable bonds is 8. The van der Waals surface area contributed by atoms with Crippen molar-refractivity contribution >= 4 is 12.1 Å². The largest absolute Gasteiger partial charge is 0.353 e. The molecular weight excluding hydrogens is 421 g/mol. The third kappa shape index (κ3) is 3.72. The lowest BCUT2D eigenvalue weighted by Gasteiger charge is -2.14. The maximum atomic E-state index is 13.4. The summed E-state index contributed by atoms with van der Waals surface area (Å²) in [6.07, 6.45) is 3.46. The molecule has 1 amide bonds. The molecule has 4 aromatic rings. The Labute approximate surface area is 180 Å². The van der Waals surface area contributed by atoms with Crippen molar-refractivity contribution in [2.45, 2.75) is 37.8 Å². The second-order valence-electron chi connectivity index (χ2n) is 7.95. The van der Waals surface area contributed by atoms with Crippen LogP contribution in [0.2, 0.25) is 0 Å². The number of imidazole rings is 2. The Bertz CT molecular complexity index is 1280. The molecule has 0 spiro atoms. The number of nitrogens with zero attached hydrogens (tertiary/aromatic N) is 5. The van der Waals surface area contributed by atoms with Gasteiger partial charge < -0.3 is 9.88 Å². The molecule has 32 heavy (non-hydrogen) atoms. The van der Waals surface area contributed by atoms with Crippen LogP contribution in [0.4, 0.5) is 13.2 Å². The number of nitrogens with one attached hydrogen (secondary N) is 1. The number of amides is 1. The van der Waals surface area contributed by atoms with E-state index in [1.165, 1.54) is 23.0 Å². The van der Waals surface area contributed by atoms with Crippen molar-refractivity contribution in [2.24, 2.45) is 0 Å². The minimum atomic E-state index is -2.58. The van der Waals surface area contributed by atoms with Crippen LogP contribution >= 0.6 is 0 Å². The number of hydrogen-bond donors (Lipinski definition) is 1. The number of alkyl halides is 2. The van der Waals surface area contributed by atoms with Crippen molar-refractivity contribution in [2.75, 3.05) is 0 Å². The minimum absolute atomic E-state index is 0.286. The first-order valence-electron chi connectivity index (χ1n) is 10.1. The van der Waals surface area contributed by atoms with E-state index in [0.717, 1.165) is 18.5 Å². The van der Waals surface area contributed by atoms with Gasteiger partial charge in [-0.25, -0.2) is 27.7 Å². The van der Waals surface area contributed by atoms with Crippen LogP contribution in [0.3, 0.4) is 0 Å². The molecule has 0 aliphatic heterocycles.